The van der Waals surface area contributed by atoms with E-state index < -0.39 is 0 Å². The first-order valence-electron chi connectivity index (χ1n) is 10.1. The number of ether oxygens (including phenoxy) is 2. The fourth-order valence-corrected chi connectivity index (χ4v) is 4.88. The van der Waals surface area contributed by atoms with E-state index in [1.165, 1.54) is 19.3 Å². The molecule has 1 aromatic carbocycles. The van der Waals surface area contributed by atoms with E-state index in [1.807, 2.05) is 24.3 Å². The Morgan fingerprint density at radius 2 is 2.00 bits per heavy atom. The lowest BCUT2D eigenvalue weighted by atomic mass is 9.65. The zero-order valence-electron chi connectivity index (χ0n) is 15.4. The van der Waals surface area contributed by atoms with E-state index in [0.717, 1.165) is 43.7 Å². The smallest absolute Gasteiger partial charge is 0.227 e. The fraction of sp³-hybridized carbons (Fsp3) is 0.667. The molecule has 1 saturated heterocycles. The van der Waals surface area contributed by atoms with Gasteiger partial charge < -0.3 is 20.5 Å². The Bertz CT molecular complexity index is 615. The van der Waals surface area contributed by atoms with Gasteiger partial charge in [0, 0.05) is 30.3 Å². The lowest BCUT2D eigenvalue weighted by molar-refractivity contribution is -0.122. The molecule has 3 unspecified atom stereocenters. The van der Waals surface area contributed by atoms with Gasteiger partial charge in [-0.15, -0.1) is 0 Å². The Labute approximate surface area is 155 Å². The van der Waals surface area contributed by atoms with Gasteiger partial charge in [-0.2, -0.15) is 0 Å². The first-order valence-corrected chi connectivity index (χ1v) is 10.1. The van der Waals surface area contributed by atoms with Crippen molar-refractivity contribution in [3.63, 3.8) is 0 Å². The minimum absolute atomic E-state index is 0.0848. The van der Waals surface area contributed by atoms with Gasteiger partial charge in [0.2, 0.25) is 5.91 Å². The van der Waals surface area contributed by atoms with E-state index in [2.05, 4.69) is 5.32 Å². The second-order valence-electron chi connectivity index (χ2n) is 8.16. The molecule has 0 radical (unpaired) electrons. The lowest BCUT2D eigenvalue weighted by Gasteiger charge is -2.43. The number of carbonyl (C=O) groups is 1. The molecular formula is C21H30N2O3. The molecular weight excluding hydrogens is 328 g/mol. The molecule has 1 heterocycles. The minimum atomic E-state index is 0.0848. The molecule has 142 valence electrons. The summed E-state index contributed by atoms with van der Waals surface area (Å²) in [6.07, 6.45) is 7.83. The Morgan fingerprint density at radius 3 is 2.73 bits per heavy atom. The van der Waals surface area contributed by atoms with Crippen LogP contribution >= 0.6 is 0 Å². The highest BCUT2D eigenvalue weighted by atomic mass is 16.5. The van der Waals surface area contributed by atoms with Crippen LogP contribution in [0.15, 0.2) is 24.3 Å². The summed E-state index contributed by atoms with van der Waals surface area (Å²) in [7, 11) is 0. The topological polar surface area (TPSA) is 73.6 Å². The van der Waals surface area contributed by atoms with Crippen LogP contribution in [0.2, 0.25) is 0 Å². The van der Waals surface area contributed by atoms with E-state index in [0.29, 0.717) is 24.5 Å². The number of hydrogen-bond donors (Lipinski definition) is 2. The maximum absolute atomic E-state index is 12.8. The predicted octanol–water partition coefficient (Wildman–Crippen LogP) is 3.34. The van der Waals surface area contributed by atoms with Gasteiger partial charge in [-0.05, 0) is 62.5 Å². The molecule has 5 nitrogen and oxygen atoms in total. The Hall–Kier alpha value is -1.59. The third-order valence-corrected chi connectivity index (χ3v) is 6.35. The molecule has 2 aliphatic carbocycles. The van der Waals surface area contributed by atoms with Crippen LogP contribution in [0.25, 0.3) is 0 Å². The fourth-order valence-electron chi connectivity index (χ4n) is 4.88. The van der Waals surface area contributed by atoms with Gasteiger partial charge >= 0.3 is 0 Å². The third kappa shape index (κ3) is 4.04. The second kappa shape index (κ2) is 7.97. The van der Waals surface area contributed by atoms with Crippen molar-refractivity contribution in [2.24, 2.45) is 23.5 Å². The van der Waals surface area contributed by atoms with Crippen LogP contribution in [0.4, 0.5) is 5.69 Å². The van der Waals surface area contributed by atoms with E-state index >= 15 is 0 Å². The maximum Gasteiger partial charge on any atom is 0.227 e. The Balaban J connectivity index is 1.33. The highest BCUT2D eigenvalue weighted by Crippen LogP contribution is 2.42. The number of carbonyl (C=O) groups excluding carboxylic acids is 1. The van der Waals surface area contributed by atoms with Crippen LogP contribution in [0.3, 0.4) is 0 Å². The molecule has 2 bridgehead atoms. The van der Waals surface area contributed by atoms with E-state index in [4.69, 9.17) is 15.2 Å². The van der Waals surface area contributed by atoms with Crippen LogP contribution in [0.1, 0.15) is 44.9 Å². The number of benzene rings is 1. The monoisotopic (exact) mass is 358 g/mol. The molecule has 1 amide bonds. The van der Waals surface area contributed by atoms with Crippen LogP contribution in [-0.2, 0) is 9.53 Å². The minimum Gasteiger partial charge on any atom is -0.491 e. The molecule has 26 heavy (non-hydrogen) atoms. The summed E-state index contributed by atoms with van der Waals surface area (Å²) in [6, 6.07) is 7.97. The summed E-state index contributed by atoms with van der Waals surface area (Å²) in [5, 5.41) is 3.09. The van der Waals surface area contributed by atoms with Crippen molar-refractivity contribution >= 4 is 11.6 Å². The third-order valence-electron chi connectivity index (χ3n) is 6.35. The van der Waals surface area contributed by atoms with Gasteiger partial charge in [0.15, 0.2) is 0 Å². The molecule has 3 atom stereocenters. The molecule has 1 aliphatic heterocycles. The first-order chi connectivity index (χ1) is 12.7. The Kier molecular flexibility index (Phi) is 5.46. The van der Waals surface area contributed by atoms with Crippen molar-refractivity contribution in [3.05, 3.63) is 24.3 Å². The second-order valence-corrected chi connectivity index (χ2v) is 8.16. The number of rotatable bonds is 5. The van der Waals surface area contributed by atoms with Crippen molar-refractivity contribution in [2.45, 2.75) is 57.1 Å². The van der Waals surface area contributed by atoms with Crippen molar-refractivity contribution in [3.8, 4) is 5.75 Å². The van der Waals surface area contributed by atoms with Crippen LogP contribution in [-0.4, -0.2) is 31.3 Å². The summed E-state index contributed by atoms with van der Waals surface area (Å²) < 4.78 is 11.4. The lowest BCUT2D eigenvalue weighted by Crippen LogP contribution is -2.48. The summed E-state index contributed by atoms with van der Waals surface area (Å²) in [6.45, 7) is 1.40. The average Bonchev–Trinajstić information content (AvgIpc) is 3.13. The van der Waals surface area contributed by atoms with E-state index in [1.54, 1.807) is 0 Å². The number of anilines is 1. The van der Waals surface area contributed by atoms with Gasteiger partial charge in [-0.25, -0.2) is 0 Å². The SMILES string of the molecule is NC1C2CCCC1CC(C(=O)Nc1cccc(OCC3CCCO3)c1)C2. The van der Waals surface area contributed by atoms with Gasteiger partial charge in [-0.1, -0.05) is 12.5 Å². The maximum atomic E-state index is 12.8. The van der Waals surface area contributed by atoms with Gasteiger partial charge in [0.25, 0.3) is 0 Å². The number of fused-ring (bicyclic) bond motifs is 2. The first kappa shape index (κ1) is 17.8. The molecule has 3 N–H and O–H groups in total. The van der Waals surface area contributed by atoms with Crippen LogP contribution in [0.5, 0.6) is 5.75 Å². The quantitative estimate of drug-likeness (QED) is 0.847. The predicted molar refractivity (Wildman–Crippen MR) is 101 cm³/mol. The van der Waals surface area contributed by atoms with E-state index in [9.17, 15) is 4.79 Å². The zero-order chi connectivity index (χ0) is 17.9. The average molecular weight is 358 g/mol. The van der Waals surface area contributed by atoms with Crippen LogP contribution in [0, 0.1) is 17.8 Å². The summed E-state index contributed by atoms with van der Waals surface area (Å²) in [4.78, 5) is 12.8. The molecule has 1 aromatic rings. The normalized spacial score (nSPS) is 33.7. The van der Waals surface area contributed by atoms with Gasteiger partial charge in [0.1, 0.15) is 12.4 Å². The molecule has 0 aromatic heterocycles. The van der Waals surface area contributed by atoms with Crippen molar-refractivity contribution in [1.29, 1.82) is 0 Å². The van der Waals surface area contributed by atoms with Crippen molar-refractivity contribution in [1.82, 2.24) is 0 Å². The Morgan fingerprint density at radius 1 is 1.19 bits per heavy atom. The van der Waals surface area contributed by atoms with Crippen LogP contribution < -0.4 is 15.8 Å². The summed E-state index contributed by atoms with van der Waals surface area (Å²) >= 11 is 0. The molecule has 3 fully saturated rings. The number of nitrogens with one attached hydrogen (secondary N) is 1. The van der Waals surface area contributed by atoms with Crippen molar-refractivity contribution in [2.75, 3.05) is 18.5 Å². The largest absolute Gasteiger partial charge is 0.491 e. The molecule has 3 aliphatic rings. The standard InChI is InChI=1S/C21H30N2O3/c22-20-14-4-1-5-15(20)11-16(10-14)21(24)23-17-6-2-7-18(12-17)26-13-19-8-3-9-25-19/h2,6-7,12,14-16,19-20H,1,3-5,8-11,13,22H2,(H,23,24). The molecule has 2 saturated carbocycles. The zero-order valence-corrected chi connectivity index (χ0v) is 15.4. The summed E-state index contributed by atoms with van der Waals surface area (Å²) in [5.41, 5.74) is 7.15. The highest BCUT2D eigenvalue weighted by Gasteiger charge is 2.40. The summed E-state index contributed by atoms with van der Waals surface area (Å²) in [5.74, 6) is 2.02. The molecule has 4 rings (SSSR count). The van der Waals surface area contributed by atoms with Gasteiger partial charge in [-0.3, -0.25) is 4.79 Å². The number of nitrogens with two attached hydrogens (primary N) is 1. The molecule has 5 heteroatoms. The van der Waals surface area contributed by atoms with E-state index in [-0.39, 0.29) is 17.9 Å². The molecule has 0 spiro atoms. The van der Waals surface area contributed by atoms with Gasteiger partial charge in [0.05, 0.1) is 6.10 Å². The highest BCUT2D eigenvalue weighted by molar-refractivity contribution is 5.92. The van der Waals surface area contributed by atoms with Crippen molar-refractivity contribution < 1.29 is 14.3 Å². The number of amides is 1. The number of hydrogen-bond acceptors (Lipinski definition) is 4.